The van der Waals surface area contributed by atoms with Crippen LogP contribution in [0.25, 0.3) is 0 Å². The minimum atomic E-state index is -0.330. The van der Waals surface area contributed by atoms with Gasteiger partial charge in [0.15, 0.2) is 5.75 Å². The van der Waals surface area contributed by atoms with Gasteiger partial charge in [0.1, 0.15) is 6.61 Å². The summed E-state index contributed by atoms with van der Waals surface area (Å²) in [6.07, 6.45) is 0. The van der Waals surface area contributed by atoms with Gasteiger partial charge in [-0.1, -0.05) is 0 Å². The Morgan fingerprint density at radius 1 is 1.60 bits per heavy atom. The number of hydrogen-bond acceptors (Lipinski definition) is 4. The number of methoxy groups -OCH3 is 1. The first-order valence-corrected chi connectivity index (χ1v) is 5.59. The number of hydrogen-bond donors (Lipinski definition) is 1. The van der Waals surface area contributed by atoms with Crippen molar-refractivity contribution >= 4 is 34.2 Å². The van der Waals surface area contributed by atoms with Crippen molar-refractivity contribution in [1.82, 2.24) is 0 Å². The Hall–Kier alpha value is -0.980. The molecule has 0 aliphatic carbocycles. The summed E-state index contributed by atoms with van der Waals surface area (Å²) in [4.78, 5) is 11.4. The number of halogens is 1. The van der Waals surface area contributed by atoms with Gasteiger partial charge in [-0.3, -0.25) is 0 Å². The molecule has 1 aromatic rings. The van der Waals surface area contributed by atoms with E-state index in [1.54, 1.807) is 12.1 Å². The Balaban J connectivity index is 2.45. The zero-order valence-corrected chi connectivity index (χ0v) is 10.3. The van der Waals surface area contributed by atoms with Crippen LogP contribution in [-0.4, -0.2) is 26.2 Å². The van der Waals surface area contributed by atoms with E-state index in [1.807, 2.05) is 0 Å². The molecule has 0 saturated carbocycles. The number of ether oxygens (including phenoxy) is 2. The van der Waals surface area contributed by atoms with E-state index in [1.165, 1.54) is 7.11 Å². The van der Waals surface area contributed by atoms with E-state index in [0.29, 0.717) is 12.2 Å². The first-order chi connectivity index (χ1) is 7.22. The molecule has 80 valence electrons. The first kappa shape index (κ1) is 10.5. The van der Waals surface area contributed by atoms with E-state index < -0.39 is 0 Å². The van der Waals surface area contributed by atoms with E-state index in [9.17, 15) is 4.79 Å². The number of benzene rings is 1. The van der Waals surface area contributed by atoms with Gasteiger partial charge in [0.05, 0.1) is 21.9 Å². The van der Waals surface area contributed by atoms with Crippen LogP contribution in [0, 0.1) is 3.57 Å². The molecule has 0 fully saturated rings. The molecule has 1 N–H and O–H groups in total. The fourth-order valence-corrected chi connectivity index (χ4v) is 2.23. The topological polar surface area (TPSA) is 47.6 Å². The Kier molecular flexibility index (Phi) is 2.99. The molecule has 0 amide bonds. The van der Waals surface area contributed by atoms with Crippen molar-refractivity contribution < 1.29 is 14.3 Å². The van der Waals surface area contributed by atoms with Gasteiger partial charge in [0.2, 0.25) is 0 Å². The summed E-state index contributed by atoms with van der Waals surface area (Å²) >= 11 is 2.15. The zero-order valence-electron chi connectivity index (χ0n) is 8.17. The minimum absolute atomic E-state index is 0.330. The number of nitrogens with one attached hydrogen (secondary N) is 1. The Morgan fingerprint density at radius 2 is 2.40 bits per heavy atom. The summed E-state index contributed by atoms with van der Waals surface area (Å²) < 4.78 is 11.1. The van der Waals surface area contributed by atoms with Crippen LogP contribution >= 0.6 is 22.6 Å². The molecule has 4 nitrogen and oxygen atoms in total. The van der Waals surface area contributed by atoms with Crippen LogP contribution in [0.2, 0.25) is 0 Å². The smallest absolute Gasteiger partial charge is 0.337 e. The molecule has 1 heterocycles. The second-order valence-corrected chi connectivity index (χ2v) is 4.26. The number of carbonyl (C=O) groups excluding carboxylic acids is 1. The van der Waals surface area contributed by atoms with Gasteiger partial charge in [-0.15, -0.1) is 0 Å². The zero-order chi connectivity index (χ0) is 10.8. The van der Waals surface area contributed by atoms with E-state index in [0.717, 1.165) is 21.6 Å². The molecular formula is C10H10INO3. The standard InChI is InChI=1S/C10H10INO3/c1-14-10(13)6-4-7(11)9-8(5-6)12-2-3-15-9/h4-5,12H,2-3H2,1H3. The molecule has 0 saturated heterocycles. The molecule has 1 aromatic carbocycles. The summed E-state index contributed by atoms with van der Waals surface area (Å²) in [6, 6.07) is 3.51. The molecule has 0 bridgehead atoms. The maximum absolute atomic E-state index is 11.4. The molecule has 15 heavy (non-hydrogen) atoms. The molecule has 2 rings (SSSR count). The lowest BCUT2D eigenvalue weighted by Crippen LogP contribution is -2.19. The van der Waals surface area contributed by atoms with Crippen molar-refractivity contribution in [3.05, 3.63) is 21.3 Å². The maximum Gasteiger partial charge on any atom is 0.337 e. The molecule has 0 spiro atoms. The van der Waals surface area contributed by atoms with Crippen molar-refractivity contribution in [2.45, 2.75) is 0 Å². The highest BCUT2D eigenvalue weighted by Gasteiger charge is 2.17. The van der Waals surface area contributed by atoms with Gasteiger partial charge in [-0.2, -0.15) is 0 Å². The van der Waals surface area contributed by atoms with Gasteiger partial charge < -0.3 is 14.8 Å². The molecule has 0 atom stereocenters. The van der Waals surface area contributed by atoms with Crippen LogP contribution in [0.15, 0.2) is 12.1 Å². The molecule has 0 unspecified atom stereocenters. The average Bonchev–Trinajstić information content (AvgIpc) is 2.28. The molecule has 5 heteroatoms. The first-order valence-electron chi connectivity index (χ1n) is 4.51. The lowest BCUT2D eigenvalue weighted by molar-refractivity contribution is 0.0600. The highest BCUT2D eigenvalue weighted by molar-refractivity contribution is 14.1. The average molecular weight is 319 g/mol. The normalized spacial score (nSPS) is 13.5. The Morgan fingerprint density at radius 3 is 3.13 bits per heavy atom. The van der Waals surface area contributed by atoms with Gasteiger partial charge in [-0.25, -0.2) is 4.79 Å². The number of esters is 1. The van der Waals surface area contributed by atoms with Gasteiger partial charge in [0.25, 0.3) is 0 Å². The second-order valence-electron chi connectivity index (χ2n) is 3.10. The van der Waals surface area contributed by atoms with Crippen LogP contribution in [-0.2, 0) is 4.74 Å². The van der Waals surface area contributed by atoms with E-state index >= 15 is 0 Å². The fraction of sp³-hybridized carbons (Fsp3) is 0.300. The van der Waals surface area contributed by atoms with Crippen molar-refractivity contribution in [3.63, 3.8) is 0 Å². The van der Waals surface area contributed by atoms with Gasteiger partial charge in [-0.05, 0) is 34.7 Å². The number of anilines is 1. The molecule has 1 aliphatic rings. The predicted molar refractivity (Wildman–Crippen MR) is 64.5 cm³/mol. The summed E-state index contributed by atoms with van der Waals surface area (Å²) in [7, 11) is 1.37. The van der Waals surface area contributed by atoms with Crippen LogP contribution in [0.3, 0.4) is 0 Å². The summed E-state index contributed by atoms with van der Waals surface area (Å²) in [5, 5.41) is 3.19. The molecule has 1 aliphatic heterocycles. The largest absolute Gasteiger partial charge is 0.488 e. The summed E-state index contributed by atoms with van der Waals surface area (Å²) in [6.45, 7) is 1.41. The van der Waals surface area contributed by atoms with Crippen LogP contribution in [0.5, 0.6) is 5.75 Å². The quantitative estimate of drug-likeness (QED) is 0.634. The number of rotatable bonds is 1. The van der Waals surface area contributed by atoms with Crippen LogP contribution in [0.1, 0.15) is 10.4 Å². The van der Waals surface area contributed by atoms with Gasteiger partial charge in [0, 0.05) is 6.54 Å². The minimum Gasteiger partial charge on any atom is -0.488 e. The van der Waals surface area contributed by atoms with E-state index in [4.69, 9.17) is 4.74 Å². The number of fused-ring (bicyclic) bond motifs is 1. The van der Waals surface area contributed by atoms with Crippen molar-refractivity contribution in [1.29, 1.82) is 0 Å². The maximum atomic E-state index is 11.4. The van der Waals surface area contributed by atoms with Crippen molar-refractivity contribution in [2.24, 2.45) is 0 Å². The number of carbonyl (C=O) groups is 1. The third-order valence-electron chi connectivity index (χ3n) is 2.13. The molecular weight excluding hydrogens is 309 g/mol. The summed E-state index contributed by atoms with van der Waals surface area (Å²) in [5.41, 5.74) is 1.40. The van der Waals surface area contributed by atoms with Crippen molar-refractivity contribution in [3.8, 4) is 5.75 Å². The third kappa shape index (κ3) is 2.01. The fourth-order valence-electron chi connectivity index (χ4n) is 1.45. The molecule has 0 aromatic heterocycles. The Labute approximate surface area is 101 Å². The Bertz CT molecular complexity index is 406. The van der Waals surface area contributed by atoms with E-state index in [-0.39, 0.29) is 5.97 Å². The lowest BCUT2D eigenvalue weighted by Gasteiger charge is -2.20. The SMILES string of the molecule is COC(=O)c1cc(I)c2c(c1)NCCO2. The highest BCUT2D eigenvalue weighted by Crippen LogP contribution is 2.33. The molecule has 0 radical (unpaired) electrons. The van der Waals surface area contributed by atoms with Crippen LogP contribution < -0.4 is 10.1 Å². The van der Waals surface area contributed by atoms with E-state index in [2.05, 4.69) is 32.6 Å². The van der Waals surface area contributed by atoms with Crippen LogP contribution in [0.4, 0.5) is 5.69 Å². The highest BCUT2D eigenvalue weighted by atomic mass is 127. The second kappa shape index (κ2) is 4.26. The monoisotopic (exact) mass is 319 g/mol. The lowest BCUT2D eigenvalue weighted by atomic mass is 10.1. The summed E-state index contributed by atoms with van der Waals surface area (Å²) in [5.74, 6) is 0.484. The van der Waals surface area contributed by atoms with Crippen molar-refractivity contribution in [2.75, 3.05) is 25.6 Å². The third-order valence-corrected chi connectivity index (χ3v) is 2.93. The van der Waals surface area contributed by atoms with Gasteiger partial charge >= 0.3 is 5.97 Å². The predicted octanol–water partition coefficient (Wildman–Crippen LogP) is 1.88.